The van der Waals surface area contributed by atoms with Crippen molar-refractivity contribution in [3.63, 3.8) is 0 Å². The van der Waals surface area contributed by atoms with Gasteiger partial charge in [-0.05, 0) is 38.0 Å². The molecule has 98 valence electrons. The molecule has 1 aromatic rings. The lowest BCUT2D eigenvalue weighted by Gasteiger charge is -2.10. The maximum absolute atomic E-state index is 11.6. The number of carbonyl (C=O) groups is 2. The normalized spacial score (nSPS) is 11.7. The van der Waals surface area contributed by atoms with Crippen molar-refractivity contribution in [2.45, 2.75) is 32.7 Å². The molecule has 0 radical (unpaired) electrons. The highest BCUT2D eigenvalue weighted by Crippen LogP contribution is 2.12. The maximum atomic E-state index is 11.6. The number of methoxy groups -OCH3 is 1. The molecule has 18 heavy (non-hydrogen) atoms. The minimum absolute atomic E-state index is 0.0344. The number of Topliss-reactive ketones (excluding diaryl/α,β-unsaturated/α-hetero) is 1. The van der Waals surface area contributed by atoms with Crippen molar-refractivity contribution >= 4 is 11.7 Å². The van der Waals surface area contributed by atoms with E-state index in [-0.39, 0.29) is 11.7 Å². The van der Waals surface area contributed by atoms with Crippen LogP contribution in [0.1, 0.15) is 25.8 Å². The maximum Gasteiger partial charge on any atom is 0.220 e. The second-order valence-corrected chi connectivity index (χ2v) is 4.25. The third-order valence-electron chi connectivity index (χ3n) is 2.79. The van der Waals surface area contributed by atoms with E-state index in [0.717, 1.165) is 11.3 Å². The van der Waals surface area contributed by atoms with Crippen LogP contribution in [0.4, 0.5) is 0 Å². The fourth-order valence-electron chi connectivity index (χ4n) is 1.47. The van der Waals surface area contributed by atoms with Gasteiger partial charge in [0.15, 0.2) is 5.78 Å². The Kier molecular flexibility index (Phi) is 5.36. The third kappa shape index (κ3) is 4.57. The first-order chi connectivity index (χ1) is 8.52. The van der Waals surface area contributed by atoms with Crippen molar-refractivity contribution in [1.29, 1.82) is 0 Å². The summed E-state index contributed by atoms with van der Waals surface area (Å²) in [4.78, 5) is 22.6. The number of amides is 1. The lowest BCUT2D eigenvalue weighted by atomic mass is 10.1. The van der Waals surface area contributed by atoms with E-state index in [1.54, 1.807) is 14.0 Å². The first-order valence-electron chi connectivity index (χ1n) is 5.95. The average molecular weight is 249 g/mol. The van der Waals surface area contributed by atoms with Gasteiger partial charge >= 0.3 is 0 Å². The fourth-order valence-corrected chi connectivity index (χ4v) is 1.47. The number of aryl methyl sites for hydroxylation is 1. The molecule has 0 aliphatic carbocycles. The molecule has 0 saturated heterocycles. The lowest BCUT2D eigenvalue weighted by molar-refractivity contribution is -0.126. The summed E-state index contributed by atoms with van der Waals surface area (Å²) in [5.74, 6) is 0.662. The van der Waals surface area contributed by atoms with Crippen LogP contribution in [0.5, 0.6) is 5.75 Å². The summed E-state index contributed by atoms with van der Waals surface area (Å²) >= 11 is 0. The number of hydrogen-bond donors (Lipinski definition) is 1. The SMILES string of the molecule is COc1ccc(CCC(=O)NC(C)C(C)=O)cc1. The Labute approximate surface area is 107 Å². The minimum Gasteiger partial charge on any atom is -0.497 e. The molecule has 4 heteroatoms. The molecule has 0 aromatic heterocycles. The third-order valence-corrected chi connectivity index (χ3v) is 2.79. The molecule has 0 aliphatic rings. The van der Waals surface area contributed by atoms with Gasteiger partial charge in [0.25, 0.3) is 0 Å². The Bertz CT molecular complexity index is 412. The summed E-state index contributed by atoms with van der Waals surface area (Å²) in [6, 6.07) is 7.19. The Morgan fingerprint density at radius 3 is 2.39 bits per heavy atom. The van der Waals surface area contributed by atoms with E-state index >= 15 is 0 Å². The zero-order chi connectivity index (χ0) is 13.5. The molecule has 0 bridgehead atoms. The molecule has 0 saturated carbocycles. The minimum atomic E-state index is -0.409. The predicted octanol–water partition coefficient (Wildman–Crippen LogP) is 1.72. The van der Waals surface area contributed by atoms with Gasteiger partial charge in [0.05, 0.1) is 13.2 Å². The first kappa shape index (κ1) is 14.2. The van der Waals surface area contributed by atoms with Gasteiger partial charge < -0.3 is 10.1 Å². The van der Waals surface area contributed by atoms with Crippen molar-refractivity contribution in [3.05, 3.63) is 29.8 Å². The highest BCUT2D eigenvalue weighted by Gasteiger charge is 2.10. The van der Waals surface area contributed by atoms with Gasteiger partial charge in [-0.2, -0.15) is 0 Å². The Morgan fingerprint density at radius 2 is 1.89 bits per heavy atom. The Morgan fingerprint density at radius 1 is 1.28 bits per heavy atom. The van der Waals surface area contributed by atoms with Crippen molar-refractivity contribution in [1.82, 2.24) is 5.32 Å². The van der Waals surface area contributed by atoms with E-state index in [1.165, 1.54) is 6.92 Å². The van der Waals surface area contributed by atoms with Crippen LogP contribution in [-0.4, -0.2) is 24.8 Å². The van der Waals surface area contributed by atoms with Crippen LogP contribution in [0, 0.1) is 0 Å². The second-order valence-electron chi connectivity index (χ2n) is 4.25. The molecule has 1 N–H and O–H groups in total. The van der Waals surface area contributed by atoms with Gasteiger partial charge in [-0.3, -0.25) is 9.59 Å². The monoisotopic (exact) mass is 249 g/mol. The van der Waals surface area contributed by atoms with Crippen LogP contribution in [0.2, 0.25) is 0 Å². The van der Waals surface area contributed by atoms with E-state index < -0.39 is 6.04 Å². The summed E-state index contributed by atoms with van der Waals surface area (Å²) in [5, 5.41) is 2.66. The smallest absolute Gasteiger partial charge is 0.220 e. The van der Waals surface area contributed by atoms with Gasteiger partial charge in [0.1, 0.15) is 5.75 Å². The van der Waals surface area contributed by atoms with Crippen molar-refractivity contribution in [2.75, 3.05) is 7.11 Å². The van der Waals surface area contributed by atoms with Crippen LogP contribution >= 0.6 is 0 Å². The van der Waals surface area contributed by atoms with E-state index in [4.69, 9.17) is 4.74 Å². The number of hydrogen-bond acceptors (Lipinski definition) is 3. The Hall–Kier alpha value is -1.84. The Balaban J connectivity index is 2.40. The summed E-state index contributed by atoms with van der Waals surface area (Å²) in [5.41, 5.74) is 1.07. The van der Waals surface area contributed by atoms with Gasteiger partial charge in [-0.1, -0.05) is 12.1 Å². The summed E-state index contributed by atoms with van der Waals surface area (Å²) in [6.45, 7) is 3.15. The summed E-state index contributed by atoms with van der Waals surface area (Å²) < 4.78 is 5.06. The second kappa shape index (κ2) is 6.79. The highest BCUT2D eigenvalue weighted by atomic mass is 16.5. The number of benzene rings is 1. The molecule has 0 aliphatic heterocycles. The molecule has 1 rings (SSSR count). The number of nitrogens with one attached hydrogen (secondary N) is 1. The van der Waals surface area contributed by atoms with Crippen molar-refractivity contribution < 1.29 is 14.3 Å². The van der Waals surface area contributed by atoms with Gasteiger partial charge in [-0.25, -0.2) is 0 Å². The van der Waals surface area contributed by atoms with Crippen molar-refractivity contribution in [2.24, 2.45) is 0 Å². The number of carbonyl (C=O) groups excluding carboxylic acids is 2. The fraction of sp³-hybridized carbons (Fsp3) is 0.429. The molecule has 0 fully saturated rings. The zero-order valence-corrected chi connectivity index (χ0v) is 11.0. The molecular weight excluding hydrogens is 230 g/mol. The van der Waals surface area contributed by atoms with Crippen LogP contribution in [0.25, 0.3) is 0 Å². The summed E-state index contributed by atoms with van der Waals surface area (Å²) in [6.07, 6.45) is 1.03. The van der Waals surface area contributed by atoms with Gasteiger partial charge in [0.2, 0.25) is 5.91 Å². The van der Waals surface area contributed by atoms with Crippen molar-refractivity contribution in [3.8, 4) is 5.75 Å². The molecule has 1 aromatic carbocycles. The molecule has 1 amide bonds. The molecule has 1 atom stereocenters. The molecule has 4 nitrogen and oxygen atoms in total. The van der Waals surface area contributed by atoms with E-state index in [2.05, 4.69) is 5.32 Å². The quantitative estimate of drug-likeness (QED) is 0.835. The van der Waals surface area contributed by atoms with Gasteiger partial charge in [0, 0.05) is 6.42 Å². The standard InChI is InChI=1S/C14H19NO3/c1-10(11(2)16)15-14(17)9-6-12-4-7-13(18-3)8-5-12/h4-5,7-8,10H,6,9H2,1-3H3,(H,15,17). The first-order valence-corrected chi connectivity index (χ1v) is 5.95. The van der Waals surface area contributed by atoms with Crippen LogP contribution in [-0.2, 0) is 16.0 Å². The van der Waals surface area contributed by atoms with Crippen LogP contribution < -0.4 is 10.1 Å². The predicted molar refractivity (Wildman–Crippen MR) is 69.6 cm³/mol. The topological polar surface area (TPSA) is 55.4 Å². The van der Waals surface area contributed by atoms with Gasteiger partial charge in [-0.15, -0.1) is 0 Å². The van der Waals surface area contributed by atoms with E-state index in [0.29, 0.717) is 12.8 Å². The number of rotatable bonds is 6. The molecule has 0 spiro atoms. The number of ether oxygens (including phenoxy) is 1. The zero-order valence-electron chi connectivity index (χ0n) is 11.0. The molecule has 0 heterocycles. The number of ketones is 1. The van der Waals surface area contributed by atoms with E-state index in [9.17, 15) is 9.59 Å². The average Bonchev–Trinajstić information content (AvgIpc) is 2.36. The molecule has 1 unspecified atom stereocenters. The van der Waals surface area contributed by atoms with Crippen LogP contribution in [0.15, 0.2) is 24.3 Å². The molecular formula is C14H19NO3. The largest absolute Gasteiger partial charge is 0.497 e. The lowest BCUT2D eigenvalue weighted by Crippen LogP contribution is -2.37. The van der Waals surface area contributed by atoms with E-state index in [1.807, 2.05) is 24.3 Å². The highest BCUT2D eigenvalue weighted by molar-refractivity contribution is 5.87. The summed E-state index contributed by atoms with van der Waals surface area (Å²) in [7, 11) is 1.62. The van der Waals surface area contributed by atoms with Crippen LogP contribution in [0.3, 0.4) is 0 Å².